The zero-order valence-corrected chi connectivity index (χ0v) is 13.5. The van der Waals surface area contributed by atoms with Gasteiger partial charge in [-0.2, -0.15) is 0 Å². The van der Waals surface area contributed by atoms with Crippen LogP contribution in [0.3, 0.4) is 0 Å². The van der Waals surface area contributed by atoms with Crippen molar-refractivity contribution in [3.63, 3.8) is 0 Å². The normalized spacial score (nSPS) is 47.1. The Morgan fingerprint density at radius 3 is 3.11 bits per heavy atom. The van der Waals surface area contributed by atoms with Crippen molar-refractivity contribution < 1.29 is 13.8 Å². The van der Waals surface area contributed by atoms with Crippen LogP contribution in [0.1, 0.15) is 39.5 Å². The molecule has 0 aromatic heterocycles. The van der Waals surface area contributed by atoms with Gasteiger partial charge in [0.15, 0.2) is 0 Å². The van der Waals surface area contributed by atoms with Gasteiger partial charge in [0.2, 0.25) is 0 Å². The Morgan fingerprint density at radius 1 is 1.53 bits per heavy atom. The standard InChI is InChI=1S/C13H23NO3P2/c1-4-11-12(8-9(2)15-11)16-19-14-7-5-6-10(14)13(17-19)18-3/h9-13H,3-8H2,1-2H3. The highest BCUT2D eigenvalue weighted by Crippen LogP contribution is 2.59. The van der Waals surface area contributed by atoms with Crippen LogP contribution in [0.15, 0.2) is 0 Å². The Kier molecular flexibility index (Phi) is 4.58. The third-order valence-corrected chi connectivity index (χ3v) is 6.95. The largest absolute Gasteiger partial charge is 0.372 e. The average Bonchev–Trinajstić information content (AvgIpc) is 3.06. The average molecular weight is 303 g/mol. The van der Waals surface area contributed by atoms with Gasteiger partial charge < -0.3 is 13.8 Å². The van der Waals surface area contributed by atoms with E-state index in [0.717, 1.165) is 27.6 Å². The summed E-state index contributed by atoms with van der Waals surface area (Å²) in [4.78, 5) is 0. The van der Waals surface area contributed by atoms with Crippen LogP contribution in [-0.4, -0.2) is 47.7 Å². The quantitative estimate of drug-likeness (QED) is 0.745. The van der Waals surface area contributed by atoms with Crippen molar-refractivity contribution >= 4 is 23.0 Å². The summed E-state index contributed by atoms with van der Waals surface area (Å²) in [6, 6.07) is 0.532. The SMILES string of the molecule is C=PC1OP(OC2CC(C)OC2CC)N2CCCC12. The molecule has 19 heavy (non-hydrogen) atoms. The van der Waals surface area contributed by atoms with Gasteiger partial charge in [0.25, 0.3) is 8.53 Å². The summed E-state index contributed by atoms with van der Waals surface area (Å²) in [5, 5.41) is 0. The summed E-state index contributed by atoms with van der Waals surface area (Å²) in [5.41, 5.74) is 0. The van der Waals surface area contributed by atoms with Gasteiger partial charge in [0.1, 0.15) is 5.85 Å². The molecule has 108 valence electrons. The van der Waals surface area contributed by atoms with Gasteiger partial charge in [-0.1, -0.05) is 21.4 Å². The molecule has 0 aromatic rings. The number of fused-ring (bicyclic) bond motifs is 1. The van der Waals surface area contributed by atoms with E-state index >= 15 is 0 Å². The van der Waals surface area contributed by atoms with E-state index in [9.17, 15) is 0 Å². The molecule has 3 fully saturated rings. The molecular formula is C13H23NO3P2. The molecular weight excluding hydrogens is 280 g/mol. The maximum absolute atomic E-state index is 6.30. The van der Waals surface area contributed by atoms with Crippen LogP contribution in [0, 0.1) is 0 Å². The first kappa shape index (κ1) is 14.4. The fourth-order valence-electron chi connectivity index (χ4n) is 3.24. The van der Waals surface area contributed by atoms with Crippen molar-refractivity contribution in [2.24, 2.45) is 0 Å². The Hall–Kier alpha value is 0.440. The van der Waals surface area contributed by atoms with Crippen LogP contribution in [0.2, 0.25) is 0 Å². The second-order valence-electron chi connectivity index (χ2n) is 5.56. The number of nitrogens with zero attached hydrogens (tertiary/aromatic N) is 1. The number of hydrogen-bond donors (Lipinski definition) is 0. The molecule has 3 saturated heterocycles. The molecule has 3 heterocycles. The molecule has 0 aromatic carbocycles. The van der Waals surface area contributed by atoms with E-state index < -0.39 is 8.53 Å². The van der Waals surface area contributed by atoms with Crippen molar-refractivity contribution in [3.8, 4) is 0 Å². The highest BCUT2D eigenvalue weighted by molar-refractivity contribution is 7.46. The molecule has 0 amide bonds. The van der Waals surface area contributed by atoms with Gasteiger partial charge in [-0.3, -0.25) is 0 Å². The first-order chi connectivity index (χ1) is 9.22. The van der Waals surface area contributed by atoms with Crippen molar-refractivity contribution in [2.45, 2.75) is 69.7 Å². The highest BCUT2D eigenvalue weighted by Gasteiger charge is 2.48. The van der Waals surface area contributed by atoms with Gasteiger partial charge in [-0.05, 0) is 26.2 Å². The monoisotopic (exact) mass is 303 g/mol. The fourth-order valence-corrected chi connectivity index (χ4v) is 6.26. The molecule has 3 rings (SSSR count). The van der Waals surface area contributed by atoms with Gasteiger partial charge in [0, 0.05) is 13.0 Å². The van der Waals surface area contributed by atoms with Crippen LogP contribution in [0.25, 0.3) is 0 Å². The minimum Gasteiger partial charge on any atom is -0.372 e. The van der Waals surface area contributed by atoms with E-state index in [1.165, 1.54) is 12.8 Å². The Morgan fingerprint density at radius 2 is 2.37 bits per heavy atom. The van der Waals surface area contributed by atoms with E-state index in [1.54, 1.807) is 0 Å². The second kappa shape index (κ2) is 6.05. The minimum atomic E-state index is -0.887. The lowest BCUT2D eigenvalue weighted by Gasteiger charge is -2.25. The highest BCUT2D eigenvalue weighted by atomic mass is 31.2. The third-order valence-electron chi connectivity index (χ3n) is 4.20. The van der Waals surface area contributed by atoms with Crippen LogP contribution in [0.5, 0.6) is 0 Å². The third kappa shape index (κ3) is 2.77. The maximum atomic E-state index is 6.30. The Labute approximate surface area is 118 Å². The van der Waals surface area contributed by atoms with Crippen molar-refractivity contribution in [3.05, 3.63) is 0 Å². The Bertz CT molecular complexity index is 344. The van der Waals surface area contributed by atoms with Crippen LogP contribution >= 0.6 is 16.7 Å². The Balaban J connectivity index is 1.65. The topological polar surface area (TPSA) is 30.9 Å². The van der Waals surface area contributed by atoms with Crippen LogP contribution in [0.4, 0.5) is 0 Å². The maximum Gasteiger partial charge on any atom is 0.260 e. The summed E-state index contributed by atoms with van der Waals surface area (Å²) in [6.45, 7) is 5.41. The molecule has 4 nitrogen and oxygen atoms in total. The molecule has 0 aliphatic carbocycles. The molecule has 0 radical (unpaired) electrons. The van der Waals surface area contributed by atoms with Crippen LogP contribution in [-0.2, 0) is 13.8 Å². The van der Waals surface area contributed by atoms with Gasteiger partial charge in [-0.25, -0.2) is 4.67 Å². The molecule has 3 aliphatic rings. The van der Waals surface area contributed by atoms with Crippen molar-refractivity contribution in [1.29, 1.82) is 0 Å². The molecule has 3 aliphatic heterocycles. The van der Waals surface area contributed by atoms with Crippen molar-refractivity contribution in [2.75, 3.05) is 6.54 Å². The zero-order chi connectivity index (χ0) is 13.4. The van der Waals surface area contributed by atoms with Gasteiger partial charge in [-0.15, -0.1) is 0 Å². The lowest BCUT2D eigenvalue weighted by atomic mass is 10.1. The molecule has 0 bridgehead atoms. The molecule has 6 atom stereocenters. The van der Waals surface area contributed by atoms with Crippen LogP contribution < -0.4 is 0 Å². The first-order valence-electron chi connectivity index (χ1n) is 7.24. The first-order valence-corrected chi connectivity index (χ1v) is 9.52. The van der Waals surface area contributed by atoms with E-state index in [0.29, 0.717) is 12.1 Å². The minimum absolute atomic E-state index is 0.201. The summed E-state index contributed by atoms with van der Waals surface area (Å²) >= 11 is 0. The zero-order valence-electron chi connectivity index (χ0n) is 11.7. The molecule has 0 N–H and O–H groups in total. The smallest absolute Gasteiger partial charge is 0.260 e. The van der Waals surface area contributed by atoms with E-state index in [2.05, 4.69) is 24.8 Å². The summed E-state index contributed by atoms with van der Waals surface area (Å²) < 4.78 is 20.7. The number of hydrogen-bond acceptors (Lipinski definition) is 4. The number of ether oxygens (including phenoxy) is 1. The molecule has 6 unspecified atom stereocenters. The van der Waals surface area contributed by atoms with Gasteiger partial charge >= 0.3 is 0 Å². The number of rotatable bonds is 4. The second-order valence-corrected chi connectivity index (χ2v) is 7.85. The summed E-state index contributed by atoms with van der Waals surface area (Å²) in [6.07, 6.45) is 9.23. The molecule has 0 saturated carbocycles. The lowest BCUT2D eigenvalue weighted by molar-refractivity contribution is 0.0200. The fraction of sp³-hybridized carbons (Fsp3) is 0.923. The lowest BCUT2D eigenvalue weighted by Crippen LogP contribution is -2.26. The predicted octanol–water partition coefficient (Wildman–Crippen LogP) is 3.38. The summed E-state index contributed by atoms with van der Waals surface area (Å²) in [7, 11) is 0.200. The summed E-state index contributed by atoms with van der Waals surface area (Å²) in [5.74, 6) is 0.244. The van der Waals surface area contributed by atoms with Crippen molar-refractivity contribution in [1.82, 2.24) is 4.67 Å². The van der Waals surface area contributed by atoms with E-state index in [-0.39, 0.29) is 18.1 Å². The molecule has 6 heteroatoms. The predicted molar refractivity (Wildman–Crippen MR) is 79.7 cm³/mol. The van der Waals surface area contributed by atoms with E-state index in [1.807, 2.05) is 0 Å². The van der Waals surface area contributed by atoms with E-state index in [4.69, 9.17) is 13.8 Å². The van der Waals surface area contributed by atoms with Gasteiger partial charge in [0.05, 0.1) is 24.4 Å². The molecule has 0 spiro atoms.